The van der Waals surface area contributed by atoms with Crippen LogP contribution in [0.4, 0.5) is 14.5 Å². The van der Waals surface area contributed by atoms with Gasteiger partial charge in [-0.2, -0.15) is 4.39 Å². The minimum absolute atomic E-state index is 0.119. The van der Waals surface area contributed by atoms with Gasteiger partial charge in [0.25, 0.3) is 0 Å². The number of benzene rings is 1. The van der Waals surface area contributed by atoms with Crippen molar-refractivity contribution in [3.8, 4) is 5.75 Å². The van der Waals surface area contributed by atoms with E-state index >= 15 is 0 Å². The molecule has 1 atom stereocenters. The summed E-state index contributed by atoms with van der Waals surface area (Å²) in [4.78, 5) is 23.8. The van der Waals surface area contributed by atoms with E-state index in [1.165, 1.54) is 6.20 Å². The maximum Gasteiger partial charge on any atom is 0.205 e. The van der Waals surface area contributed by atoms with Gasteiger partial charge in [0.05, 0.1) is 22.7 Å². The van der Waals surface area contributed by atoms with Crippen LogP contribution in [-0.2, 0) is 5.54 Å². The smallest absolute Gasteiger partial charge is 0.205 e. The van der Waals surface area contributed by atoms with Crippen LogP contribution in [0.1, 0.15) is 43.0 Å². The zero-order valence-electron chi connectivity index (χ0n) is 13.1. The number of nitrogen functional groups attached to an aromatic ring is 1. The summed E-state index contributed by atoms with van der Waals surface area (Å²) in [5.74, 6) is -2.82. The molecule has 1 aliphatic heterocycles. The van der Waals surface area contributed by atoms with Crippen LogP contribution in [0.15, 0.2) is 11.0 Å². The first-order valence-electron chi connectivity index (χ1n) is 7.88. The molecule has 0 radical (unpaired) electrons. The van der Waals surface area contributed by atoms with Crippen molar-refractivity contribution in [3.05, 3.63) is 33.6 Å². The lowest BCUT2D eigenvalue weighted by Gasteiger charge is -2.44. The molecule has 2 N–H and O–H groups in total. The first kappa shape index (κ1) is 15.1. The lowest BCUT2D eigenvalue weighted by atomic mass is 9.72. The predicted octanol–water partition coefficient (Wildman–Crippen LogP) is 2.72. The largest absolute Gasteiger partial charge is 0.485 e. The number of ether oxygens (including phenoxy) is 1. The van der Waals surface area contributed by atoms with E-state index in [-0.39, 0.29) is 33.9 Å². The third-order valence-electron chi connectivity index (χ3n) is 5.26. The SMILES string of the molecule is CC1CC2(CCC2)n2cc(C=O)c(=O)c3c(N)c(F)c(F)c(c32)O1. The second kappa shape index (κ2) is 4.78. The predicted molar refractivity (Wildman–Crippen MR) is 84.5 cm³/mol. The van der Waals surface area contributed by atoms with E-state index in [1.54, 1.807) is 11.5 Å². The number of halogens is 2. The molecule has 0 bridgehead atoms. The number of hydrogen-bond donors (Lipinski definition) is 1. The Morgan fingerprint density at radius 3 is 2.67 bits per heavy atom. The average molecular weight is 334 g/mol. The maximum atomic E-state index is 14.5. The number of aldehydes is 1. The molecule has 2 aliphatic rings. The molecule has 7 heteroatoms. The molecule has 24 heavy (non-hydrogen) atoms. The molecule has 1 aromatic carbocycles. The molecule has 2 aromatic rings. The van der Waals surface area contributed by atoms with Gasteiger partial charge in [-0.05, 0) is 26.2 Å². The number of carbonyl (C=O) groups is 1. The minimum atomic E-state index is -1.32. The third-order valence-corrected chi connectivity index (χ3v) is 5.26. The zero-order valence-corrected chi connectivity index (χ0v) is 13.1. The average Bonchev–Trinajstić information content (AvgIpc) is 2.65. The summed E-state index contributed by atoms with van der Waals surface area (Å²) in [6.07, 6.45) is 4.68. The molecule has 2 heterocycles. The van der Waals surface area contributed by atoms with Crippen LogP contribution in [0.25, 0.3) is 10.9 Å². The van der Waals surface area contributed by atoms with Crippen molar-refractivity contribution in [2.75, 3.05) is 5.73 Å². The van der Waals surface area contributed by atoms with Crippen molar-refractivity contribution in [3.63, 3.8) is 0 Å². The maximum absolute atomic E-state index is 14.5. The van der Waals surface area contributed by atoms with Crippen LogP contribution < -0.4 is 15.9 Å². The molecule has 0 amide bonds. The van der Waals surface area contributed by atoms with Crippen molar-refractivity contribution in [1.29, 1.82) is 0 Å². The van der Waals surface area contributed by atoms with Crippen LogP contribution in [0.5, 0.6) is 5.75 Å². The van der Waals surface area contributed by atoms with Crippen molar-refractivity contribution < 1.29 is 18.3 Å². The summed E-state index contributed by atoms with van der Waals surface area (Å²) in [6, 6.07) is 0. The number of anilines is 1. The van der Waals surface area contributed by atoms with Crippen LogP contribution in [0, 0.1) is 11.6 Å². The Hall–Kier alpha value is -2.44. The summed E-state index contributed by atoms with van der Waals surface area (Å²) in [7, 11) is 0. The molecule has 0 saturated heterocycles. The summed E-state index contributed by atoms with van der Waals surface area (Å²) in [6.45, 7) is 1.78. The summed E-state index contributed by atoms with van der Waals surface area (Å²) < 4.78 is 36.0. The quantitative estimate of drug-likeness (QED) is 0.643. The zero-order chi connectivity index (χ0) is 17.2. The Bertz CT molecular complexity index is 947. The standard InChI is InChI=1S/C17H16F2N2O3/c1-8-5-17(3-2-4-17)21-6-9(7-22)15(23)10-13(20)11(18)12(19)16(24-8)14(10)21/h6-8H,2-5,20H2,1H3. The molecule has 1 unspecified atom stereocenters. The van der Waals surface area contributed by atoms with Gasteiger partial charge in [0, 0.05) is 18.2 Å². The fraction of sp³-hybridized carbons (Fsp3) is 0.412. The molecule has 1 aromatic heterocycles. The lowest BCUT2D eigenvalue weighted by Crippen LogP contribution is -2.43. The number of pyridine rings is 1. The first-order valence-corrected chi connectivity index (χ1v) is 7.88. The summed E-state index contributed by atoms with van der Waals surface area (Å²) >= 11 is 0. The van der Waals surface area contributed by atoms with Crippen molar-refractivity contribution in [2.45, 2.75) is 44.2 Å². The van der Waals surface area contributed by atoms with E-state index < -0.39 is 22.8 Å². The van der Waals surface area contributed by atoms with Gasteiger partial charge in [0.2, 0.25) is 11.2 Å². The fourth-order valence-corrected chi connectivity index (χ4v) is 4.01. The monoisotopic (exact) mass is 334 g/mol. The van der Waals surface area contributed by atoms with Gasteiger partial charge in [-0.1, -0.05) is 0 Å². The van der Waals surface area contributed by atoms with Crippen LogP contribution in [0.2, 0.25) is 0 Å². The molecule has 1 aliphatic carbocycles. The summed E-state index contributed by atoms with van der Waals surface area (Å²) in [5, 5.41) is -0.186. The Labute approximate surface area is 136 Å². The molecule has 1 spiro atoms. The highest BCUT2D eigenvalue weighted by Gasteiger charge is 2.44. The molecule has 1 saturated carbocycles. The van der Waals surface area contributed by atoms with Gasteiger partial charge in [-0.25, -0.2) is 4.39 Å². The second-order valence-corrected chi connectivity index (χ2v) is 6.71. The Morgan fingerprint density at radius 2 is 2.08 bits per heavy atom. The Balaban J connectivity index is 2.26. The molecule has 126 valence electrons. The minimum Gasteiger partial charge on any atom is -0.485 e. The second-order valence-electron chi connectivity index (χ2n) is 6.71. The molecular weight excluding hydrogens is 318 g/mol. The van der Waals surface area contributed by atoms with E-state index in [0.29, 0.717) is 12.7 Å². The number of aromatic nitrogens is 1. The highest BCUT2D eigenvalue weighted by molar-refractivity contribution is 5.98. The highest BCUT2D eigenvalue weighted by Crippen LogP contribution is 2.49. The van der Waals surface area contributed by atoms with Gasteiger partial charge >= 0.3 is 0 Å². The van der Waals surface area contributed by atoms with E-state index in [2.05, 4.69) is 0 Å². The number of nitrogens with zero attached hydrogens (tertiary/aromatic N) is 1. The molecule has 5 nitrogen and oxygen atoms in total. The summed E-state index contributed by atoms with van der Waals surface area (Å²) in [5.41, 5.74) is 4.06. The van der Waals surface area contributed by atoms with Gasteiger partial charge in [0.15, 0.2) is 17.9 Å². The topological polar surface area (TPSA) is 74.3 Å². The van der Waals surface area contributed by atoms with Crippen molar-refractivity contribution >= 4 is 22.9 Å². The van der Waals surface area contributed by atoms with Crippen molar-refractivity contribution in [2.24, 2.45) is 0 Å². The first-order chi connectivity index (χ1) is 11.4. The Morgan fingerprint density at radius 1 is 1.38 bits per heavy atom. The van der Waals surface area contributed by atoms with Crippen LogP contribution in [-0.4, -0.2) is 17.0 Å². The fourth-order valence-electron chi connectivity index (χ4n) is 4.01. The third kappa shape index (κ3) is 1.72. The van der Waals surface area contributed by atoms with Crippen LogP contribution >= 0.6 is 0 Å². The number of rotatable bonds is 1. The molecule has 4 rings (SSSR count). The normalized spacial score (nSPS) is 21.2. The van der Waals surface area contributed by atoms with Gasteiger partial charge in [0.1, 0.15) is 5.52 Å². The van der Waals surface area contributed by atoms with E-state index in [4.69, 9.17) is 10.5 Å². The van der Waals surface area contributed by atoms with Gasteiger partial charge in [-0.3, -0.25) is 9.59 Å². The number of fused-ring (bicyclic) bond motifs is 1. The number of nitrogens with two attached hydrogens (primary N) is 1. The van der Waals surface area contributed by atoms with E-state index in [9.17, 15) is 18.4 Å². The Kier molecular flexibility index (Phi) is 3.01. The number of carbonyl (C=O) groups excluding carboxylic acids is 1. The van der Waals surface area contributed by atoms with Crippen LogP contribution in [0.3, 0.4) is 0 Å². The van der Waals surface area contributed by atoms with Gasteiger partial charge < -0.3 is 15.0 Å². The van der Waals surface area contributed by atoms with Gasteiger partial charge in [-0.15, -0.1) is 0 Å². The number of hydrogen-bond acceptors (Lipinski definition) is 4. The lowest BCUT2D eigenvalue weighted by molar-refractivity contribution is 0.0819. The molecule has 1 fully saturated rings. The van der Waals surface area contributed by atoms with Crippen molar-refractivity contribution in [1.82, 2.24) is 4.57 Å². The van der Waals surface area contributed by atoms with E-state index in [0.717, 1.165) is 19.3 Å². The molecular formula is C17H16F2N2O3. The van der Waals surface area contributed by atoms with E-state index in [1.807, 2.05) is 0 Å². The highest BCUT2D eigenvalue weighted by atomic mass is 19.2.